The van der Waals surface area contributed by atoms with E-state index < -0.39 is 47.8 Å². The summed E-state index contributed by atoms with van der Waals surface area (Å²) >= 11 is 0. The smallest absolute Gasteiger partial charge is 0.416 e. The van der Waals surface area contributed by atoms with Crippen molar-refractivity contribution in [2.24, 2.45) is 0 Å². The predicted octanol–water partition coefficient (Wildman–Crippen LogP) is 3.28. The van der Waals surface area contributed by atoms with E-state index in [0.29, 0.717) is 0 Å². The third-order valence-electron chi connectivity index (χ3n) is 2.25. The first kappa shape index (κ1) is 16.3. The number of alkyl halides is 5. The number of ether oxygens (including phenoxy) is 1. The second-order valence-corrected chi connectivity index (χ2v) is 3.64. The van der Waals surface area contributed by atoms with Crippen molar-refractivity contribution in [2.75, 3.05) is 6.61 Å². The van der Waals surface area contributed by atoms with Crippen molar-refractivity contribution in [1.82, 2.24) is 4.98 Å². The molecule has 9 heteroatoms. The largest absolute Gasteiger partial charge is 0.466 e. The van der Waals surface area contributed by atoms with Crippen molar-refractivity contribution in [1.29, 1.82) is 0 Å². The Morgan fingerprint density at radius 2 is 2.00 bits per heavy atom. The van der Waals surface area contributed by atoms with E-state index in [9.17, 15) is 31.1 Å². The van der Waals surface area contributed by atoms with Crippen LogP contribution in [0, 0.1) is 5.95 Å². The van der Waals surface area contributed by atoms with E-state index in [1.54, 1.807) is 0 Å². The molecule has 0 saturated carbocycles. The Morgan fingerprint density at radius 3 is 2.45 bits per heavy atom. The molecule has 0 unspecified atom stereocenters. The highest BCUT2D eigenvalue weighted by molar-refractivity contribution is 5.73. The summed E-state index contributed by atoms with van der Waals surface area (Å²) in [4.78, 5) is 13.9. The molecule has 0 aliphatic heterocycles. The lowest BCUT2D eigenvalue weighted by molar-refractivity contribution is -0.143. The number of rotatable bonds is 4. The average Bonchev–Trinajstić information content (AvgIpc) is 2.29. The fourth-order valence-electron chi connectivity index (χ4n) is 1.45. The predicted molar refractivity (Wildman–Crippen MR) is 54.5 cm³/mol. The molecule has 112 valence electrons. The van der Waals surface area contributed by atoms with E-state index in [0.717, 1.165) is 0 Å². The number of aromatic nitrogens is 1. The third-order valence-corrected chi connectivity index (χ3v) is 2.25. The summed E-state index contributed by atoms with van der Waals surface area (Å²) in [7, 11) is 0. The monoisotopic (exact) mass is 301 g/mol. The first-order chi connectivity index (χ1) is 9.16. The van der Waals surface area contributed by atoms with Gasteiger partial charge in [0.15, 0.2) is 0 Å². The van der Waals surface area contributed by atoms with Crippen molar-refractivity contribution in [2.45, 2.75) is 25.9 Å². The molecule has 0 atom stereocenters. The van der Waals surface area contributed by atoms with Gasteiger partial charge >= 0.3 is 12.1 Å². The Balaban J connectivity index is 3.31. The van der Waals surface area contributed by atoms with Gasteiger partial charge in [0.1, 0.15) is 5.69 Å². The minimum atomic E-state index is -5.09. The van der Waals surface area contributed by atoms with Crippen molar-refractivity contribution >= 4 is 5.97 Å². The summed E-state index contributed by atoms with van der Waals surface area (Å²) in [5.74, 6) is -2.87. The van der Waals surface area contributed by atoms with Gasteiger partial charge < -0.3 is 4.74 Å². The van der Waals surface area contributed by atoms with Crippen LogP contribution in [0.1, 0.15) is 30.2 Å². The minimum absolute atomic E-state index is 0.0301. The Kier molecular flexibility index (Phi) is 4.96. The molecule has 0 fully saturated rings. The number of hydrogen-bond donors (Lipinski definition) is 0. The molecule has 3 nitrogen and oxygen atoms in total. The van der Waals surface area contributed by atoms with Crippen LogP contribution in [0.4, 0.5) is 26.3 Å². The number of esters is 1. The summed E-state index contributed by atoms with van der Waals surface area (Å²) in [6.07, 6.45) is -9.48. The first-order valence-electron chi connectivity index (χ1n) is 5.37. The van der Waals surface area contributed by atoms with E-state index in [1.807, 2.05) is 0 Å². The maximum Gasteiger partial charge on any atom is 0.416 e. The zero-order valence-electron chi connectivity index (χ0n) is 10.1. The van der Waals surface area contributed by atoms with Gasteiger partial charge in [-0.25, -0.2) is 13.8 Å². The Bertz CT molecular complexity index is 500. The van der Waals surface area contributed by atoms with Crippen molar-refractivity contribution in [3.05, 3.63) is 28.8 Å². The molecule has 1 heterocycles. The number of hydrogen-bond acceptors (Lipinski definition) is 3. The van der Waals surface area contributed by atoms with Gasteiger partial charge in [0.2, 0.25) is 5.95 Å². The molecule has 0 bridgehead atoms. The third kappa shape index (κ3) is 3.84. The first-order valence-corrected chi connectivity index (χ1v) is 5.37. The normalized spacial score (nSPS) is 11.8. The number of halogens is 6. The number of carbonyl (C=O) groups is 1. The molecule has 0 aliphatic rings. The Hall–Kier alpha value is -1.80. The highest BCUT2D eigenvalue weighted by Crippen LogP contribution is 2.35. The van der Waals surface area contributed by atoms with Crippen LogP contribution in [0.2, 0.25) is 0 Å². The zero-order chi connectivity index (χ0) is 15.5. The zero-order valence-corrected chi connectivity index (χ0v) is 10.1. The van der Waals surface area contributed by atoms with Crippen LogP contribution in [0.3, 0.4) is 0 Å². The molecule has 1 aromatic rings. The van der Waals surface area contributed by atoms with Crippen LogP contribution in [0.15, 0.2) is 6.07 Å². The number of nitrogens with zero attached hydrogens (tertiary/aromatic N) is 1. The van der Waals surface area contributed by atoms with Crippen molar-refractivity contribution in [3.8, 4) is 0 Å². The molecular formula is C11H9F6NO2. The summed E-state index contributed by atoms with van der Waals surface area (Å²) in [5.41, 5.74) is -4.11. The van der Waals surface area contributed by atoms with E-state index in [-0.39, 0.29) is 12.7 Å². The topological polar surface area (TPSA) is 39.2 Å². The van der Waals surface area contributed by atoms with Crippen LogP contribution in [-0.4, -0.2) is 17.6 Å². The summed E-state index contributed by atoms with van der Waals surface area (Å²) in [6.45, 7) is 1.31. The van der Waals surface area contributed by atoms with Gasteiger partial charge in [0.25, 0.3) is 6.43 Å². The lowest BCUT2D eigenvalue weighted by Gasteiger charge is -2.14. The van der Waals surface area contributed by atoms with Gasteiger partial charge in [-0.2, -0.15) is 17.6 Å². The summed E-state index contributed by atoms with van der Waals surface area (Å²) in [5, 5.41) is 0. The van der Waals surface area contributed by atoms with E-state index >= 15 is 0 Å². The second kappa shape index (κ2) is 6.10. The minimum Gasteiger partial charge on any atom is -0.466 e. The molecule has 0 radical (unpaired) electrons. The van der Waals surface area contributed by atoms with Crippen LogP contribution in [-0.2, 0) is 22.1 Å². The highest BCUT2D eigenvalue weighted by Gasteiger charge is 2.37. The van der Waals surface area contributed by atoms with Gasteiger partial charge in [0, 0.05) is 5.56 Å². The van der Waals surface area contributed by atoms with Crippen LogP contribution in [0.25, 0.3) is 0 Å². The maximum absolute atomic E-state index is 13.4. The SMILES string of the molecule is CCOC(=O)Cc1c(C(F)(F)F)cc(C(F)F)nc1F. The summed E-state index contributed by atoms with van der Waals surface area (Å²) < 4.78 is 80.7. The number of pyridine rings is 1. The quantitative estimate of drug-likeness (QED) is 0.487. The van der Waals surface area contributed by atoms with Crippen LogP contribution < -0.4 is 0 Å². The average molecular weight is 301 g/mol. The van der Waals surface area contributed by atoms with E-state index in [1.165, 1.54) is 6.92 Å². The molecule has 1 rings (SSSR count). The molecule has 0 spiro atoms. The number of carbonyl (C=O) groups excluding carboxylic acids is 1. The molecule has 0 amide bonds. The van der Waals surface area contributed by atoms with Gasteiger partial charge in [-0.3, -0.25) is 4.79 Å². The van der Waals surface area contributed by atoms with Gasteiger partial charge in [-0.15, -0.1) is 0 Å². The summed E-state index contributed by atoms with van der Waals surface area (Å²) in [6, 6.07) is 0.0301. The second-order valence-electron chi connectivity index (χ2n) is 3.64. The van der Waals surface area contributed by atoms with Crippen LogP contribution >= 0.6 is 0 Å². The molecule has 20 heavy (non-hydrogen) atoms. The molecular weight excluding hydrogens is 292 g/mol. The van der Waals surface area contributed by atoms with Crippen LogP contribution in [0.5, 0.6) is 0 Å². The molecule has 0 N–H and O–H groups in total. The fourth-order valence-corrected chi connectivity index (χ4v) is 1.45. The molecule has 0 aromatic carbocycles. The lowest BCUT2D eigenvalue weighted by atomic mass is 10.1. The molecule has 0 aliphatic carbocycles. The van der Waals surface area contributed by atoms with E-state index in [4.69, 9.17) is 0 Å². The van der Waals surface area contributed by atoms with E-state index in [2.05, 4.69) is 9.72 Å². The Labute approximate surface area is 109 Å². The maximum atomic E-state index is 13.4. The van der Waals surface area contributed by atoms with Gasteiger partial charge in [-0.05, 0) is 13.0 Å². The van der Waals surface area contributed by atoms with Gasteiger partial charge in [-0.1, -0.05) is 0 Å². The standard InChI is InChI=1S/C11H9F6NO2/c1-2-20-8(19)3-5-6(11(15,16)17)4-7(9(12)13)18-10(5)14/h4,9H,2-3H2,1H3. The van der Waals surface area contributed by atoms with Crippen molar-refractivity contribution < 1.29 is 35.9 Å². The van der Waals surface area contributed by atoms with Crippen molar-refractivity contribution in [3.63, 3.8) is 0 Å². The lowest BCUT2D eigenvalue weighted by Crippen LogP contribution is -2.18. The molecule has 0 saturated heterocycles. The Morgan fingerprint density at radius 1 is 1.40 bits per heavy atom. The van der Waals surface area contributed by atoms with Gasteiger partial charge in [0.05, 0.1) is 18.6 Å². The highest BCUT2D eigenvalue weighted by atomic mass is 19.4. The molecule has 1 aromatic heterocycles. The fraction of sp³-hybridized carbons (Fsp3) is 0.455.